The van der Waals surface area contributed by atoms with Gasteiger partial charge in [0.05, 0.1) is 6.04 Å². The molecule has 1 unspecified atom stereocenters. The van der Waals surface area contributed by atoms with Gasteiger partial charge in [0, 0.05) is 12.1 Å². The first-order valence-corrected chi connectivity index (χ1v) is 7.00. The van der Waals surface area contributed by atoms with Crippen LogP contribution in [0.5, 0.6) is 0 Å². The fourth-order valence-electron chi connectivity index (χ4n) is 1.95. The highest BCUT2D eigenvalue weighted by molar-refractivity contribution is 5.93. The van der Waals surface area contributed by atoms with Gasteiger partial charge in [-0.1, -0.05) is 30.3 Å². The zero-order chi connectivity index (χ0) is 15.2. The first-order chi connectivity index (χ1) is 10.1. The predicted octanol–water partition coefficient (Wildman–Crippen LogP) is 2.79. The maximum atomic E-state index is 12.2. The molecule has 1 amide bonds. The molecule has 1 atom stereocenters. The largest absolute Gasteiger partial charge is 0.368 e. The number of nitrogens with one attached hydrogen (secondary N) is 2. The van der Waals surface area contributed by atoms with Crippen LogP contribution in [0.3, 0.4) is 0 Å². The first kappa shape index (κ1) is 15.0. The number of anilines is 1. The minimum atomic E-state index is -0.208. The molecule has 0 spiro atoms. The molecule has 0 saturated heterocycles. The summed E-state index contributed by atoms with van der Waals surface area (Å²) >= 11 is 0. The number of benzene rings is 1. The van der Waals surface area contributed by atoms with E-state index in [1.54, 1.807) is 6.07 Å². The van der Waals surface area contributed by atoms with Gasteiger partial charge in [0.1, 0.15) is 17.8 Å². The summed E-state index contributed by atoms with van der Waals surface area (Å²) in [7, 11) is 0. The van der Waals surface area contributed by atoms with E-state index in [0.29, 0.717) is 11.5 Å². The van der Waals surface area contributed by atoms with Gasteiger partial charge in [0.2, 0.25) is 0 Å². The summed E-state index contributed by atoms with van der Waals surface area (Å²) in [4.78, 5) is 20.4. The van der Waals surface area contributed by atoms with Crippen LogP contribution in [0.1, 0.15) is 42.9 Å². The normalized spacial score (nSPS) is 12.0. The molecule has 0 aliphatic carbocycles. The number of amides is 1. The van der Waals surface area contributed by atoms with Gasteiger partial charge in [-0.05, 0) is 26.3 Å². The monoisotopic (exact) mass is 284 g/mol. The summed E-state index contributed by atoms with van der Waals surface area (Å²) in [6, 6.07) is 11.7. The van der Waals surface area contributed by atoms with Crippen LogP contribution in [-0.2, 0) is 0 Å². The van der Waals surface area contributed by atoms with Crippen molar-refractivity contribution in [2.45, 2.75) is 32.9 Å². The standard InChI is InChI=1S/C16H20N4O/c1-11(2)19-15-9-14(17-10-18-15)16(21)20-12(3)13-7-5-4-6-8-13/h4-12H,1-3H3,(H,20,21)(H,17,18,19). The van der Waals surface area contributed by atoms with Crippen LogP contribution in [-0.4, -0.2) is 21.9 Å². The number of hydrogen-bond acceptors (Lipinski definition) is 4. The van der Waals surface area contributed by atoms with E-state index in [2.05, 4.69) is 20.6 Å². The second kappa shape index (κ2) is 6.83. The molecular weight excluding hydrogens is 264 g/mol. The molecule has 21 heavy (non-hydrogen) atoms. The van der Waals surface area contributed by atoms with Gasteiger partial charge in [0.15, 0.2) is 0 Å². The lowest BCUT2D eigenvalue weighted by Gasteiger charge is -2.14. The number of hydrogen-bond donors (Lipinski definition) is 2. The Balaban J connectivity index is 2.06. The van der Waals surface area contributed by atoms with E-state index in [4.69, 9.17) is 0 Å². The van der Waals surface area contributed by atoms with Crippen molar-refractivity contribution in [3.8, 4) is 0 Å². The maximum Gasteiger partial charge on any atom is 0.270 e. The minimum absolute atomic E-state index is 0.0739. The summed E-state index contributed by atoms with van der Waals surface area (Å²) < 4.78 is 0. The molecular formula is C16H20N4O. The van der Waals surface area contributed by atoms with E-state index in [0.717, 1.165) is 5.56 Å². The molecule has 110 valence electrons. The van der Waals surface area contributed by atoms with E-state index in [-0.39, 0.29) is 18.0 Å². The van der Waals surface area contributed by atoms with Gasteiger partial charge < -0.3 is 10.6 Å². The SMILES string of the molecule is CC(C)Nc1cc(C(=O)NC(C)c2ccccc2)ncn1. The summed E-state index contributed by atoms with van der Waals surface area (Å²) in [5.74, 6) is 0.443. The summed E-state index contributed by atoms with van der Waals surface area (Å²) in [6.45, 7) is 5.97. The molecule has 1 aromatic carbocycles. The Morgan fingerprint density at radius 1 is 1.10 bits per heavy atom. The fraction of sp³-hybridized carbons (Fsp3) is 0.312. The molecule has 5 heteroatoms. The molecule has 0 fully saturated rings. The molecule has 2 aromatic rings. The van der Waals surface area contributed by atoms with Gasteiger partial charge in [-0.3, -0.25) is 4.79 Å². The minimum Gasteiger partial charge on any atom is -0.368 e. The highest BCUT2D eigenvalue weighted by Crippen LogP contribution is 2.12. The zero-order valence-electron chi connectivity index (χ0n) is 12.5. The zero-order valence-corrected chi connectivity index (χ0v) is 12.5. The molecule has 0 radical (unpaired) electrons. The Labute approximate surface area is 124 Å². The van der Waals surface area contributed by atoms with E-state index in [1.165, 1.54) is 6.33 Å². The van der Waals surface area contributed by atoms with Gasteiger partial charge in [-0.15, -0.1) is 0 Å². The number of aromatic nitrogens is 2. The average Bonchev–Trinajstić information content (AvgIpc) is 2.47. The molecule has 0 aliphatic heterocycles. The van der Waals surface area contributed by atoms with Crippen molar-refractivity contribution >= 4 is 11.7 Å². The maximum absolute atomic E-state index is 12.2. The molecule has 0 aliphatic rings. The molecule has 1 heterocycles. The van der Waals surface area contributed by atoms with Crippen molar-refractivity contribution in [3.05, 3.63) is 54.0 Å². The lowest BCUT2D eigenvalue weighted by Crippen LogP contribution is -2.27. The van der Waals surface area contributed by atoms with Gasteiger partial charge >= 0.3 is 0 Å². The molecule has 1 aromatic heterocycles. The molecule has 5 nitrogen and oxygen atoms in total. The van der Waals surface area contributed by atoms with Gasteiger partial charge in [0.25, 0.3) is 5.91 Å². The van der Waals surface area contributed by atoms with Crippen LogP contribution in [0.25, 0.3) is 0 Å². The molecule has 2 N–H and O–H groups in total. The van der Waals surface area contributed by atoms with E-state index in [1.807, 2.05) is 51.1 Å². The second-order valence-corrected chi connectivity index (χ2v) is 5.19. The van der Waals surface area contributed by atoms with Crippen LogP contribution < -0.4 is 10.6 Å². The molecule has 0 bridgehead atoms. The Kier molecular flexibility index (Phi) is 4.87. The van der Waals surface area contributed by atoms with E-state index >= 15 is 0 Å². The number of carbonyl (C=O) groups excluding carboxylic acids is 1. The first-order valence-electron chi connectivity index (χ1n) is 7.00. The molecule has 0 saturated carbocycles. The van der Waals surface area contributed by atoms with E-state index in [9.17, 15) is 4.79 Å². The third kappa shape index (κ3) is 4.27. The topological polar surface area (TPSA) is 66.9 Å². The Morgan fingerprint density at radius 2 is 1.81 bits per heavy atom. The van der Waals surface area contributed by atoms with Gasteiger partial charge in [-0.25, -0.2) is 9.97 Å². The van der Waals surface area contributed by atoms with Crippen LogP contribution in [0.15, 0.2) is 42.7 Å². The molecule has 2 rings (SSSR count). The third-order valence-electron chi connectivity index (χ3n) is 2.98. The highest BCUT2D eigenvalue weighted by atomic mass is 16.1. The van der Waals surface area contributed by atoms with Crippen molar-refractivity contribution in [1.29, 1.82) is 0 Å². The Hall–Kier alpha value is -2.43. The van der Waals surface area contributed by atoms with Crippen LogP contribution >= 0.6 is 0 Å². The summed E-state index contributed by atoms with van der Waals surface area (Å²) in [5, 5.41) is 6.09. The lowest BCUT2D eigenvalue weighted by atomic mass is 10.1. The smallest absolute Gasteiger partial charge is 0.270 e. The van der Waals surface area contributed by atoms with Crippen molar-refractivity contribution in [2.75, 3.05) is 5.32 Å². The average molecular weight is 284 g/mol. The van der Waals surface area contributed by atoms with Crippen molar-refractivity contribution < 1.29 is 4.79 Å². The Bertz CT molecular complexity index is 598. The Morgan fingerprint density at radius 3 is 2.48 bits per heavy atom. The second-order valence-electron chi connectivity index (χ2n) is 5.19. The third-order valence-corrected chi connectivity index (χ3v) is 2.98. The summed E-state index contributed by atoms with van der Waals surface area (Å²) in [5.41, 5.74) is 1.41. The van der Waals surface area contributed by atoms with Gasteiger partial charge in [-0.2, -0.15) is 0 Å². The van der Waals surface area contributed by atoms with Crippen molar-refractivity contribution in [3.63, 3.8) is 0 Å². The van der Waals surface area contributed by atoms with Crippen LogP contribution in [0.2, 0.25) is 0 Å². The lowest BCUT2D eigenvalue weighted by molar-refractivity contribution is 0.0934. The number of nitrogens with zero attached hydrogens (tertiary/aromatic N) is 2. The predicted molar refractivity (Wildman–Crippen MR) is 83.1 cm³/mol. The number of rotatable bonds is 5. The van der Waals surface area contributed by atoms with Crippen molar-refractivity contribution in [2.24, 2.45) is 0 Å². The van der Waals surface area contributed by atoms with E-state index < -0.39 is 0 Å². The quantitative estimate of drug-likeness (QED) is 0.886. The van der Waals surface area contributed by atoms with Crippen LogP contribution in [0, 0.1) is 0 Å². The fourth-order valence-corrected chi connectivity index (χ4v) is 1.95. The van der Waals surface area contributed by atoms with Crippen LogP contribution in [0.4, 0.5) is 5.82 Å². The van der Waals surface area contributed by atoms with Crippen molar-refractivity contribution in [1.82, 2.24) is 15.3 Å². The summed E-state index contributed by atoms with van der Waals surface area (Å²) in [6.07, 6.45) is 1.40. The highest BCUT2D eigenvalue weighted by Gasteiger charge is 2.13. The number of carbonyl (C=O) groups is 1.